The van der Waals surface area contributed by atoms with E-state index in [0.29, 0.717) is 0 Å². The lowest BCUT2D eigenvalue weighted by Gasteiger charge is -2.35. The number of hydrogen-bond donors (Lipinski definition) is 2. The Morgan fingerprint density at radius 3 is 2.52 bits per heavy atom. The molecule has 0 spiro atoms. The van der Waals surface area contributed by atoms with Crippen LogP contribution in [-0.2, 0) is 0 Å². The maximum Gasteiger partial charge on any atom is 0.140 e. The number of nitrogens with one attached hydrogen (secondary N) is 1. The van der Waals surface area contributed by atoms with Crippen LogP contribution >= 0.6 is 0 Å². The zero-order valence-electron chi connectivity index (χ0n) is 13.6. The summed E-state index contributed by atoms with van der Waals surface area (Å²) in [5, 5.41) is 7.84. The van der Waals surface area contributed by atoms with Gasteiger partial charge in [-0.1, -0.05) is 0 Å². The third-order valence-corrected chi connectivity index (χ3v) is 4.13. The average molecular weight is 289 g/mol. The fraction of sp³-hybridized carbons (Fsp3) is 0.625. The highest BCUT2D eigenvalue weighted by Gasteiger charge is 2.24. The van der Waals surface area contributed by atoms with Crippen LogP contribution in [0.5, 0.6) is 0 Å². The van der Waals surface area contributed by atoms with Gasteiger partial charge in [-0.15, -0.1) is 0 Å². The summed E-state index contributed by atoms with van der Waals surface area (Å²) in [7, 11) is 4.26. The van der Waals surface area contributed by atoms with Crippen LogP contribution in [-0.4, -0.2) is 49.4 Å². The predicted molar refractivity (Wildman–Crippen MR) is 88.2 cm³/mol. The number of nitrogen functional groups attached to an aromatic ring is 1. The summed E-state index contributed by atoms with van der Waals surface area (Å²) < 4.78 is 0. The largest absolute Gasteiger partial charge is 0.384 e. The van der Waals surface area contributed by atoms with E-state index in [9.17, 15) is 0 Å². The van der Waals surface area contributed by atoms with E-state index in [0.717, 1.165) is 48.2 Å². The minimum atomic E-state index is 0.116. The number of nitrogens with zero attached hydrogens (tertiary/aromatic N) is 3. The number of anilines is 1. The van der Waals surface area contributed by atoms with Crippen LogP contribution in [0.1, 0.15) is 29.7 Å². The highest BCUT2D eigenvalue weighted by atomic mass is 15.2. The Labute approximate surface area is 127 Å². The first-order chi connectivity index (χ1) is 9.88. The van der Waals surface area contributed by atoms with E-state index < -0.39 is 0 Å². The average Bonchev–Trinajstić information content (AvgIpc) is 2.37. The summed E-state index contributed by atoms with van der Waals surface area (Å²) in [6.07, 6.45) is 2.34. The van der Waals surface area contributed by atoms with E-state index >= 15 is 0 Å². The Morgan fingerprint density at radius 2 is 2.00 bits per heavy atom. The molecular formula is C16H27N5. The van der Waals surface area contributed by atoms with E-state index in [2.05, 4.69) is 28.9 Å². The molecule has 2 rings (SSSR count). The summed E-state index contributed by atoms with van der Waals surface area (Å²) in [5.74, 6) is 1.76. The van der Waals surface area contributed by atoms with Gasteiger partial charge in [0.2, 0.25) is 0 Å². The Bertz CT molecular complexity index is 516. The van der Waals surface area contributed by atoms with Gasteiger partial charge in [0.1, 0.15) is 11.7 Å². The van der Waals surface area contributed by atoms with Gasteiger partial charge in [-0.25, -0.2) is 4.98 Å². The topological polar surface area (TPSA) is 69.2 Å². The molecule has 0 aliphatic carbocycles. The summed E-state index contributed by atoms with van der Waals surface area (Å²) in [5.41, 5.74) is 8.60. The van der Waals surface area contributed by atoms with Crippen molar-refractivity contribution in [2.45, 2.75) is 26.7 Å². The van der Waals surface area contributed by atoms with E-state index in [1.54, 1.807) is 0 Å². The first kappa shape index (κ1) is 15.8. The van der Waals surface area contributed by atoms with E-state index in [4.69, 9.17) is 11.1 Å². The minimum absolute atomic E-state index is 0.116. The van der Waals surface area contributed by atoms with Gasteiger partial charge in [0.05, 0.1) is 5.56 Å². The lowest BCUT2D eigenvalue weighted by atomic mass is 9.95. The third-order valence-electron chi connectivity index (χ3n) is 4.13. The highest BCUT2D eigenvalue weighted by Crippen LogP contribution is 2.27. The van der Waals surface area contributed by atoms with Gasteiger partial charge < -0.3 is 15.5 Å². The Hall–Kier alpha value is -1.62. The molecule has 21 heavy (non-hydrogen) atoms. The van der Waals surface area contributed by atoms with Crippen LogP contribution in [0, 0.1) is 25.2 Å². The molecule has 1 aromatic heterocycles. The van der Waals surface area contributed by atoms with Gasteiger partial charge in [-0.05, 0) is 58.3 Å². The smallest absolute Gasteiger partial charge is 0.140 e. The number of aromatic nitrogens is 1. The molecule has 0 amide bonds. The van der Waals surface area contributed by atoms with Crippen molar-refractivity contribution in [3.05, 3.63) is 22.9 Å². The molecule has 0 bridgehead atoms. The molecule has 5 heteroatoms. The Morgan fingerprint density at radius 1 is 1.38 bits per heavy atom. The monoisotopic (exact) mass is 289 g/mol. The second kappa shape index (κ2) is 6.43. The Balaban J connectivity index is 2.18. The van der Waals surface area contributed by atoms with Crippen molar-refractivity contribution in [1.29, 1.82) is 5.41 Å². The fourth-order valence-electron chi connectivity index (χ4n) is 3.22. The molecule has 1 saturated heterocycles. The molecule has 3 N–H and O–H groups in total. The van der Waals surface area contributed by atoms with Crippen LogP contribution in [0.4, 0.5) is 5.82 Å². The van der Waals surface area contributed by atoms with Crippen molar-refractivity contribution >= 4 is 11.7 Å². The van der Waals surface area contributed by atoms with Crippen LogP contribution in [0.3, 0.4) is 0 Å². The summed E-state index contributed by atoms with van der Waals surface area (Å²) in [6, 6.07) is 2.00. The normalized spacial score (nSPS) is 16.5. The molecule has 0 radical (unpaired) electrons. The van der Waals surface area contributed by atoms with Gasteiger partial charge in [-0.3, -0.25) is 5.41 Å². The van der Waals surface area contributed by atoms with E-state index in [1.807, 2.05) is 19.9 Å². The molecule has 0 unspecified atom stereocenters. The third kappa shape index (κ3) is 3.73. The molecule has 0 aromatic carbocycles. The first-order valence-electron chi connectivity index (χ1n) is 7.60. The number of nitrogens with two attached hydrogens (primary N) is 1. The van der Waals surface area contributed by atoms with Gasteiger partial charge in [0.15, 0.2) is 0 Å². The van der Waals surface area contributed by atoms with Gasteiger partial charge in [0.25, 0.3) is 0 Å². The minimum Gasteiger partial charge on any atom is -0.384 e. The molecule has 1 fully saturated rings. The van der Waals surface area contributed by atoms with Crippen molar-refractivity contribution in [1.82, 2.24) is 9.88 Å². The molecule has 1 aliphatic heterocycles. The first-order valence-corrected chi connectivity index (χ1v) is 7.60. The van der Waals surface area contributed by atoms with Crippen LogP contribution < -0.4 is 10.6 Å². The second-order valence-corrected chi connectivity index (χ2v) is 6.39. The van der Waals surface area contributed by atoms with Gasteiger partial charge in [-0.2, -0.15) is 0 Å². The van der Waals surface area contributed by atoms with Crippen molar-refractivity contribution in [2.24, 2.45) is 11.7 Å². The van der Waals surface area contributed by atoms with Crippen molar-refractivity contribution in [3.63, 3.8) is 0 Å². The summed E-state index contributed by atoms with van der Waals surface area (Å²) in [6.45, 7) is 7.14. The maximum absolute atomic E-state index is 7.84. The quantitative estimate of drug-likeness (QED) is 0.654. The van der Waals surface area contributed by atoms with Gasteiger partial charge in [0, 0.05) is 25.3 Å². The molecule has 0 saturated carbocycles. The zero-order valence-corrected chi connectivity index (χ0v) is 13.6. The van der Waals surface area contributed by atoms with Crippen LogP contribution in [0.2, 0.25) is 0 Å². The highest BCUT2D eigenvalue weighted by molar-refractivity contribution is 6.01. The zero-order chi connectivity index (χ0) is 15.6. The van der Waals surface area contributed by atoms with Crippen molar-refractivity contribution in [3.8, 4) is 0 Å². The van der Waals surface area contributed by atoms with Gasteiger partial charge >= 0.3 is 0 Å². The number of rotatable bonds is 4. The SMILES string of the molecule is Cc1cc(C)c(C(=N)N)c(N2CCC(CN(C)C)CC2)n1. The molecule has 116 valence electrons. The molecule has 0 atom stereocenters. The number of amidine groups is 1. The van der Waals surface area contributed by atoms with Crippen molar-refractivity contribution < 1.29 is 0 Å². The lowest BCUT2D eigenvalue weighted by Crippen LogP contribution is -2.38. The molecular weight excluding hydrogens is 262 g/mol. The number of hydrogen-bond acceptors (Lipinski definition) is 4. The van der Waals surface area contributed by atoms with Crippen LogP contribution in [0.15, 0.2) is 6.07 Å². The summed E-state index contributed by atoms with van der Waals surface area (Å²) >= 11 is 0. The predicted octanol–water partition coefficient (Wildman–Crippen LogP) is 1.76. The number of pyridine rings is 1. The molecule has 2 heterocycles. The number of aryl methyl sites for hydroxylation is 2. The molecule has 1 aromatic rings. The fourth-order valence-corrected chi connectivity index (χ4v) is 3.22. The maximum atomic E-state index is 7.84. The lowest BCUT2D eigenvalue weighted by molar-refractivity contribution is 0.284. The molecule has 1 aliphatic rings. The van der Waals surface area contributed by atoms with E-state index in [1.165, 1.54) is 12.8 Å². The van der Waals surface area contributed by atoms with Crippen LogP contribution in [0.25, 0.3) is 0 Å². The number of piperidine rings is 1. The summed E-state index contributed by atoms with van der Waals surface area (Å²) in [4.78, 5) is 9.21. The molecule has 5 nitrogen and oxygen atoms in total. The van der Waals surface area contributed by atoms with Crippen molar-refractivity contribution in [2.75, 3.05) is 38.6 Å². The Kier molecular flexibility index (Phi) is 4.83. The standard InChI is InChI=1S/C16H27N5/c1-11-9-12(2)19-16(14(11)15(17)18)21-7-5-13(6-8-21)10-20(3)4/h9,13H,5-8,10H2,1-4H3,(H3,17,18). The second-order valence-electron chi connectivity index (χ2n) is 6.39. The van der Waals surface area contributed by atoms with E-state index in [-0.39, 0.29) is 5.84 Å².